The zero-order chi connectivity index (χ0) is 21.6. The maximum atomic E-state index is 12.2. The van der Waals surface area contributed by atoms with Crippen LogP contribution >= 0.6 is 0 Å². The molecule has 0 bridgehead atoms. The first kappa shape index (κ1) is 24.3. The summed E-state index contributed by atoms with van der Waals surface area (Å²) >= 11 is 0. The van der Waals surface area contributed by atoms with Gasteiger partial charge in [0.15, 0.2) is 0 Å². The molecule has 1 heterocycles. The van der Waals surface area contributed by atoms with Crippen LogP contribution in [0.15, 0.2) is 24.4 Å². The Morgan fingerprint density at radius 2 is 1.63 bits per heavy atom. The number of esters is 1. The molecule has 0 spiro atoms. The van der Waals surface area contributed by atoms with E-state index >= 15 is 0 Å². The molecule has 1 N–H and O–H groups in total. The molecule has 0 aliphatic heterocycles. The van der Waals surface area contributed by atoms with Crippen molar-refractivity contribution < 1.29 is 28.5 Å². The fourth-order valence-corrected chi connectivity index (χ4v) is 2.86. The lowest BCUT2D eigenvalue weighted by molar-refractivity contribution is -0.135. The first-order valence-corrected chi connectivity index (χ1v) is 10.3. The second-order valence-electron chi connectivity index (χ2n) is 7.10. The Balaban J connectivity index is 1.66. The predicted molar refractivity (Wildman–Crippen MR) is 115 cm³/mol. The molecular weight excluding hydrogens is 388 g/mol. The van der Waals surface area contributed by atoms with E-state index < -0.39 is 0 Å². The van der Waals surface area contributed by atoms with Crippen molar-refractivity contribution in [2.45, 2.75) is 12.8 Å². The molecule has 0 aliphatic carbocycles. The van der Waals surface area contributed by atoms with Crippen LogP contribution in [-0.2, 0) is 30.2 Å². The van der Waals surface area contributed by atoms with Crippen molar-refractivity contribution in [2.75, 3.05) is 74.0 Å². The lowest BCUT2D eigenvalue weighted by Gasteiger charge is -2.10. The van der Waals surface area contributed by atoms with Crippen LogP contribution in [0.4, 0.5) is 0 Å². The largest absolute Gasteiger partial charge is 0.426 e. The molecule has 1 aromatic heterocycles. The van der Waals surface area contributed by atoms with Gasteiger partial charge in [0, 0.05) is 30.8 Å². The molecule has 0 fully saturated rings. The molecule has 0 saturated heterocycles. The maximum Gasteiger partial charge on any atom is 0.313 e. The average Bonchev–Trinajstić information content (AvgIpc) is 3.14. The molecule has 8 nitrogen and oxygen atoms in total. The third kappa shape index (κ3) is 8.81. The van der Waals surface area contributed by atoms with Crippen molar-refractivity contribution in [2.24, 2.45) is 0 Å². The highest BCUT2D eigenvalue weighted by atomic mass is 16.6. The summed E-state index contributed by atoms with van der Waals surface area (Å²) in [6, 6.07) is 5.69. The van der Waals surface area contributed by atoms with Crippen molar-refractivity contribution in [3.05, 3.63) is 30.0 Å². The quantitative estimate of drug-likeness (QED) is 0.252. The van der Waals surface area contributed by atoms with Gasteiger partial charge in [-0.15, -0.1) is 0 Å². The van der Waals surface area contributed by atoms with Crippen molar-refractivity contribution in [1.29, 1.82) is 0 Å². The molecule has 0 atom stereocenters. The van der Waals surface area contributed by atoms with E-state index in [-0.39, 0.29) is 12.4 Å². The highest BCUT2D eigenvalue weighted by Crippen LogP contribution is 2.29. The molecule has 2 rings (SSSR count). The van der Waals surface area contributed by atoms with Crippen molar-refractivity contribution in [3.8, 4) is 5.75 Å². The summed E-state index contributed by atoms with van der Waals surface area (Å²) < 4.78 is 26.6. The minimum Gasteiger partial charge on any atom is -0.426 e. The van der Waals surface area contributed by atoms with Crippen LogP contribution in [0.3, 0.4) is 0 Å². The first-order valence-electron chi connectivity index (χ1n) is 10.3. The fourth-order valence-electron chi connectivity index (χ4n) is 2.86. The topological polar surface area (TPSA) is 82.2 Å². The average molecular weight is 423 g/mol. The maximum absolute atomic E-state index is 12.2. The summed E-state index contributed by atoms with van der Waals surface area (Å²) in [5.74, 6) is 0.277. The fraction of sp³-hybridized carbons (Fsp3) is 0.591. The molecule has 2 aromatic rings. The molecule has 0 saturated carbocycles. The van der Waals surface area contributed by atoms with E-state index in [2.05, 4.69) is 9.88 Å². The van der Waals surface area contributed by atoms with Gasteiger partial charge in [0.1, 0.15) is 5.75 Å². The highest BCUT2D eigenvalue weighted by Gasteiger charge is 2.13. The van der Waals surface area contributed by atoms with Gasteiger partial charge < -0.3 is 33.6 Å². The van der Waals surface area contributed by atoms with E-state index in [0.717, 1.165) is 29.4 Å². The van der Waals surface area contributed by atoms with Crippen LogP contribution < -0.4 is 4.74 Å². The van der Waals surface area contributed by atoms with Gasteiger partial charge in [-0.3, -0.25) is 4.79 Å². The second-order valence-corrected chi connectivity index (χ2v) is 7.10. The Hall–Kier alpha value is -1.97. The van der Waals surface area contributed by atoms with Gasteiger partial charge in [0.25, 0.3) is 0 Å². The number of ether oxygens (including phenoxy) is 5. The lowest BCUT2D eigenvalue weighted by Crippen LogP contribution is -2.15. The van der Waals surface area contributed by atoms with Gasteiger partial charge >= 0.3 is 5.97 Å². The molecule has 30 heavy (non-hydrogen) atoms. The van der Waals surface area contributed by atoms with E-state index in [1.165, 1.54) is 0 Å². The van der Waals surface area contributed by atoms with E-state index in [1.807, 2.05) is 38.5 Å². The number of nitrogens with one attached hydrogen (secondary N) is 1. The molecule has 168 valence electrons. The van der Waals surface area contributed by atoms with E-state index in [4.69, 9.17) is 23.7 Å². The number of aromatic amines is 1. The molecular formula is C22H34N2O6. The van der Waals surface area contributed by atoms with Crippen LogP contribution in [0.1, 0.15) is 12.0 Å². The van der Waals surface area contributed by atoms with Gasteiger partial charge in [-0.05, 0) is 38.2 Å². The lowest BCUT2D eigenvalue weighted by atomic mass is 10.1. The predicted octanol–water partition coefficient (Wildman–Crippen LogP) is 2.26. The Kier molecular flexibility index (Phi) is 11.4. The number of H-pyrrole nitrogens is 1. The summed E-state index contributed by atoms with van der Waals surface area (Å²) in [4.78, 5) is 17.6. The molecule has 1 aromatic carbocycles. The van der Waals surface area contributed by atoms with Crippen LogP contribution in [0, 0.1) is 0 Å². The Labute approximate surface area is 178 Å². The molecule has 0 unspecified atom stereocenters. The summed E-state index contributed by atoms with van der Waals surface area (Å²) in [7, 11) is 5.71. The number of nitrogens with zero attached hydrogens (tertiary/aromatic N) is 1. The van der Waals surface area contributed by atoms with Crippen molar-refractivity contribution in [1.82, 2.24) is 9.88 Å². The Morgan fingerprint density at radius 3 is 2.30 bits per heavy atom. The van der Waals surface area contributed by atoms with Crippen LogP contribution in [0.5, 0.6) is 5.75 Å². The third-order valence-corrected chi connectivity index (χ3v) is 4.43. The van der Waals surface area contributed by atoms with Gasteiger partial charge in [-0.1, -0.05) is 6.07 Å². The number of fused-ring (bicyclic) bond motifs is 1. The van der Waals surface area contributed by atoms with Gasteiger partial charge in [0.05, 0.1) is 52.7 Å². The summed E-state index contributed by atoms with van der Waals surface area (Å²) in [5.41, 5.74) is 2.11. The standard InChI is InChI=1S/C22H34N2O6/c1-24(2)9-7-18-17-23-19-5-4-6-20(22(18)19)30-21(25)8-10-27-13-14-29-16-15-28-12-11-26-3/h4-6,17,23H,7-16H2,1-3H3. The highest BCUT2D eigenvalue weighted by molar-refractivity contribution is 5.91. The third-order valence-electron chi connectivity index (χ3n) is 4.43. The number of hydrogen-bond acceptors (Lipinski definition) is 7. The number of carbonyl (C=O) groups is 1. The minimum absolute atomic E-state index is 0.188. The first-order chi connectivity index (χ1) is 14.6. The Bertz CT molecular complexity index is 746. The van der Waals surface area contributed by atoms with E-state index in [1.54, 1.807) is 7.11 Å². The number of carbonyl (C=O) groups excluding carboxylic acids is 1. The smallest absolute Gasteiger partial charge is 0.313 e. The van der Waals surface area contributed by atoms with Crippen LogP contribution in [-0.4, -0.2) is 89.9 Å². The minimum atomic E-state index is -0.310. The number of aromatic nitrogens is 1. The molecule has 0 aliphatic rings. The number of rotatable bonds is 16. The van der Waals surface area contributed by atoms with Crippen LogP contribution in [0.25, 0.3) is 10.9 Å². The Morgan fingerprint density at radius 1 is 0.967 bits per heavy atom. The van der Waals surface area contributed by atoms with Crippen LogP contribution in [0.2, 0.25) is 0 Å². The van der Waals surface area contributed by atoms with Crippen molar-refractivity contribution in [3.63, 3.8) is 0 Å². The molecule has 8 heteroatoms. The number of benzene rings is 1. The summed E-state index contributed by atoms with van der Waals surface area (Å²) in [5, 5.41) is 0.967. The number of methoxy groups -OCH3 is 1. The normalized spacial score (nSPS) is 11.5. The molecule has 0 radical (unpaired) electrons. The summed E-state index contributed by atoms with van der Waals surface area (Å²) in [6.07, 6.45) is 3.05. The van der Waals surface area contributed by atoms with Gasteiger partial charge in [-0.2, -0.15) is 0 Å². The van der Waals surface area contributed by atoms with E-state index in [9.17, 15) is 4.79 Å². The van der Waals surface area contributed by atoms with Gasteiger partial charge in [-0.25, -0.2) is 0 Å². The zero-order valence-electron chi connectivity index (χ0n) is 18.3. The second kappa shape index (κ2) is 14.1. The monoisotopic (exact) mass is 422 g/mol. The zero-order valence-corrected chi connectivity index (χ0v) is 18.3. The van der Waals surface area contributed by atoms with Gasteiger partial charge in [0.2, 0.25) is 0 Å². The van der Waals surface area contributed by atoms with E-state index in [0.29, 0.717) is 52.0 Å². The molecule has 0 amide bonds. The summed E-state index contributed by atoms with van der Waals surface area (Å²) in [6.45, 7) is 4.27. The number of likely N-dealkylation sites (N-methyl/N-ethyl adjacent to an activating group) is 1. The number of hydrogen-bond donors (Lipinski definition) is 1. The SMILES string of the molecule is COCCOCCOCCOCCC(=O)Oc1cccc2[nH]cc(CCN(C)C)c12. The van der Waals surface area contributed by atoms with Crippen molar-refractivity contribution >= 4 is 16.9 Å².